The number of hydrogen-bond acceptors (Lipinski definition) is 3. The van der Waals surface area contributed by atoms with Gasteiger partial charge in [0.1, 0.15) is 0 Å². The van der Waals surface area contributed by atoms with Gasteiger partial charge in [-0.25, -0.2) is 8.42 Å². The number of aryl methyl sites for hydroxylation is 3. The van der Waals surface area contributed by atoms with Crippen LogP contribution < -0.4 is 10.0 Å². The minimum absolute atomic E-state index is 0.00234. The monoisotopic (exact) mass is 434 g/mol. The quantitative estimate of drug-likeness (QED) is 0.599. The molecule has 1 amide bonds. The number of anilines is 1. The van der Waals surface area contributed by atoms with Crippen molar-refractivity contribution in [2.24, 2.45) is 0 Å². The first-order valence-electron chi connectivity index (χ1n) is 10.4. The number of benzene rings is 3. The van der Waals surface area contributed by atoms with E-state index < -0.39 is 10.0 Å². The summed E-state index contributed by atoms with van der Waals surface area (Å²) in [5.74, 6) is -0.155. The topological polar surface area (TPSA) is 75.3 Å². The molecule has 0 radical (unpaired) electrons. The number of fused-ring (bicyclic) bond motifs is 1. The summed E-state index contributed by atoms with van der Waals surface area (Å²) in [6, 6.07) is 19.9. The third-order valence-electron chi connectivity index (χ3n) is 5.74. The van der Waals surface area contributed by atoms with Gasteiger partial charge in [-0.3, -0.25) is 9.52 Å². The molecule has 160 valence electrons. The molecule has 5 nitrogen and oxygen atoms in total. The lowest BCUT2D eigenvalue weighted by Crippen LogP contribution is -2.31. The molecular weight excluding hydrogens is 408 g/mol. The Kier molecular flexibility index (Phi) is 5.83. The number of nitrogens with one attached hydrogen (secondary N) is 2. The summed E-state index contributed by atoms with van der Waals surface area (Å²) in [5, 5.41) is 3.14. The van der Waals surface area contributed by atoms with Crippen LogP contribution in [0, 0.1) is 13.8 Å². The largest absolute Gasteiger partial charge is 0.345 e. The molecule has 6 heteroatoms. The number of sulfonamides is 1. The summed E-state index contributed by atoms with van der Waals surface area (Å²) >= 11 is 0. The second-order valence-corrected chi connectivity index (χ2v) is 9.75. The first kappa shape index (κ1) is 21.1. The number of hydrogen-bond donors (Lipinski definition) is 2. The molecule has 0 spiro atoms. The van der Waals surface area contributed by atoms with Crippen molar-refractivity contribution in [3.8, 4) is 0 Å². The van der Waals surface area contributed by atoms with Crippen molar-refractivity contribution in [3.63, 3.8) is 0 Å². The standard InChI is InChI=1S/C25H26N2O3S/c1-17-10-13-21(14-11-17)31(29,30)27-23-15-12-20(16-18(23)2)25(28)26-24-9-5-7-19-6-3-4-8-22(19)24/h3-4,6,8,10-16,24,27H,5,7,9H2,1-2H3,(H,26,28). The van der Waals surface area contributed by atoms with E-state index in [1.165, 1.54) is 11.1 Å². The average Bonchev–Trinajstić information content (AvgIpc) is 2.75. The van der Waals surface area contributed by atoms with Gasteiger partial charge in [0.25, 0.3) is 15.9 Å². The van der Waals surface area contributed by atoms with Crippen LogP contribution in [0.2, 0.25) is 0 Å². The molecule has 1 aliphatic rings. The Morgan fingerprint density at radius 1 is 0.968 bits per heavy atom. The maximum atomic E-state index is 12.9. The van der Waals surface area contributed by atoms with E-state index in [-0.39, 0.29) is 16.8 Å². The van der Waals surface area contributed by atoms with Crippen molar-refractivity contribution in [2.75, 3.05) is 4.72 Å². The number of carbonyl (C=O) groups is 1. The van der Waals surface area contributed by atoms with E-state index in [9.17, 15) is 13.2 Å². The minimum Gasteiger partial charge on any atom is -0.345 e. The van der Waals surface area contributed by atoms with E-state index in [1.54, 1.807) is 49.4 Å². The summed E-state index contributed by atoms with van der Waals surface area (Å²) in [4.78, 5) is 13.1. The summed E-state index contributed by atoms with van der Waals surface area (Å²) in [7, 11) is -3.69. The van der Waals surface area contributed by atoms with Crippen LogP contribution in [0.3, 0.4) is 0 Å². The molecule has 0 aromatic heterocycles. The maximum absolute atomic E-state index is 12.9. The second-order valence-electron chi connectivity index (χ2n) is 8.07. The first-order chi connectivity index (χ1) is 14.8. The van der Waals surface area contributed by atoms with E-state index in [0.29, 0.717) is 16.8 Å². The molecule has 0 saturated carbocycles. The van der Waals surface area contributed by atoms with Gasteiger partial charge in [-0.15, -0.1) is 0 Å². The Bertz CT molecular complexity index is 1220. The van der Waals surface area contributed by atoms with Crippen LogP contribution in [0.5, 0.6) is 0 Å². The molecular formula is C25H26N2O3S. The minimum atomic E-state index is -3.69. The van der Waals surface area contributed by atoms with Crippen LogP contribution in [0.1, 0.15) is 51.5 Å². The van der Waals surface area contributed by atoms with Gasteiger partial charge in [-0.05, 0) is 80.1 Å². The normalized spacial score (nSPS) is 15.7. The summed E-state index contributed by atoms with van der Waals surface area (Å²) < 4.78 is 28.0. The lowest BCUT2D eigenvalue weighted by molar-refractivity contribution is 0.0932. The zero-order valence-corrected chi connectivity index (χ0v) is 18.5. The van der Waals surface area contributed by atoms with Crippen LogP contribution in [0.15, 0.2) is 71.6 Å². The van der Waals surface area contributed by atoms with Crippen molar-refractivity contribution in [1.82, 2.24) is 5.32 Å². The molecule has 0 saturated heterocycles. The second kappa shape index (κ2) is 8.55. The molecule has 3 aromatic carbocycles. The number of carbonyl (C=O) groups excluding carboxylic acids is 1. The molecule has 1 aliphatic carbocycles. The van der Waals surface area contributed by atoms with Crippen LogP contribution in [0.4, 0.5) is 5.69 Å². The summed E-state index contributed by atoms with van der Waals surface area (Å²) in [5.41, 5.74) is 5.12. The first-order valence-corrected chi connectivity index (χ1v) is 11.9. The molecule has 0 aliphatic heterocycles. The molecule has 4 rings (SSSR count). The Labute approximate surface area is 183 Å². The molecule has 0 heterocycles. The summed E-state index contributed by atoms with van der Waals surface area (Å²) in [6.45, 7) is 3.70. The van der Waals surface area contributed by atoms with Gasteiger partial charge in [0.2, 0.25) is 0 Å². The van der Waals surface area contributed by atoms with Crippen LogP contribution in [-0.2, 0) is 16.4 Å². The van der Waals surface area contributed by atoms with Gasteiger partial charge in [0, 0.05) is 5.56 Å². The third-order valence-corrected chi connectivity index (χ3v) is 7.12. The van der Waals surface area contributed by atoms with Crippen molar-refractivity contribution < 1.29 is 13.2 Å². The molecule has 2 N–H and O–H groups in total. The highest BCUT2D eigenvalue weighted by atomic mass is 32.2. The predicted octanol–water partition coefficient (Wildman–Crippen LogP) is 4.91. The third kappa shape index (κ3) is 4.64. The Morgan fingerprint density at radius 3 is 2.45 bits per heavy atom. The van der Waals surface area contributed by atoms with Crippen molar-refractivity contribution in [1.29, 1.82) is 0 Å². The fourth-order valence-electron chi connectivity index (χ4n) is 3.99. The average molecular weight is 435 g/mol. The van der Waals surface area contributed by atoms with Crippen molar-refractivity contribution in [3.05, 3.63) is 94.5 Å². The highest BCUT2D eigenvalue weighted by Gasteiger charge is 2.22. The molecule has 0 fully saturated rings. The van der Waals surface area contributed by atoms with Gasteiger partial charge < -0.3 is 5.32 Å². The van der Waals surface area contributed by atoms with Crippen LogP contribution in [-0.4, -0.2) is 14.3 Å². The van der Waals surface area contributed by atoms with Gasteiger partial charge >= 0.3 is 0 Å². The maximum Gasteiger partial charge on any atom is 0.261 e. The van der Waals surface area contributed by atoms with E-state index in [1.807, 2.05) is 19.1 Å². The van der Waals surface area contributed by atoms with Gasteiger partial charge in [-0.2, -0.15) is 0 Å². The molecule has 1 unspecified atom stereocenters. The summed E-state index contributed by atoms with van der Waals surface area (Å²) in [6.07, 6.45) is 2.99. The molecule has 0 bridgehead atoms. The van der Waals surface area contributed by atoms with Crippen molar-refractivity contribution in [2.45, 2.75) is 44.0 Å². The Hall–Kier alpha value is -3.12. The van der Waals surface area contributed by atoms with Gasteiger partial charge in [0.15, 0.2) is 0 Å². The zero-order valence-electron chi connectivity index (χ0n) is 17.7. The molecule has 3 aromatic rings. The lowest BCUT2D eigenvalue weighted by Gasteiger charge is -2.26. The van der Waals surface area contributed by atoms with Crippen LogP contribution >= 0.6 is 0 Å². The number of amides is 1. The SMILES string of the molecule is Cc1ccc(S(=O)(=O)Nc2ccc(C(=O)NC3CCCc4ccccc43)cc2C)cc1. The lowest BCUT2D eigenvalue weighted by atomic mass is 9.87. The molecule has 1 atom stereocenters. The molecule has 31 heavy (non-hydrogen) atoms. The smallest absolute Gasteiger partial charge is 0.261 e. The fourth-order valence-corrected chi connectivity index (χ4v) is 5.12. The fraction of sp³-hybridized carbons (Fsp3) is 0.240. The van der Waals surface area contributed by atoms with Gasteiger partial charge in [0.05, 0.1) is 16.6 Å². The highest BCUT2D eigenvalue weighted by Crippen LogP contribution is 2.30. The van der Waals surface area contributed by atoms with E-state index in [4.69, 9.17) is 0 Å². The number of rotatable bonds is 5. The highest BCUT2D eigenvalue weighted by molar-refractivity contribution is 7.92. The predicted molar refractivity (Wildman–Crippen MR) is 123 cm³/mol. The van der Waals surface area contributed by atoms with Gasteiger partial charge in [-0.1, -0.05) is 42.0 Å². The van der Waals surface area contributed by atoms with E-state index >= 15 is 0 Å². The van der Waals surface area contributed by atoms with Crippen LogP contribution in [0.25, 0.3) is 0 Å². The Morgan fingerprint density at radius 2 is 1.71 bits per heavy atom. The van der Waals surface area contributed by atoms with Crippen molar-refractivity contribution >= 4 is 21.6 Å². The van der Waals surface area contributed by atoms with E-state index in [2.05, 4.69) is 22.2 Å². The Balaban J connectivity index is 1.50. The van der Waals surface area contributed by atoms with E-state index in [0.717, 1.165) is 24.8 Å². The zero-order chi connectivity index (χ0) is 22.0.